The van der Waals surface area contributed by atoms with E-state index in [2.05, 4.69) is 12.2 Å². The van der Waals surface area contributed by atoms with Gasteiger partial charge >= 0.3 is 0 Å². The number of aliphatic hydroxyl groups is 1. The molecule has 2 N–H and O–H groups in total. The van der Waals surface area contributed by atoms with E-state index in [1.54, 1.807) is 7.11 Å². The minimum absolute atomic E-state index is 0.593. The summed E-state index contributed by atoms with van der Waals surface area (Å²) < 4.78 is 5.04. The molecule has 3 unspecified atom stereocenters. The Morgan fingerprint density at radius 3 is 2.74 bits per heavy atom. The van der Waals surface area contributed by atoms with Crippen LogP contribution in [-0.4, -0.2) is 37.0 Å². The maximum Gasteiger partial charge on any atom is 0.0765 e. The molecule has 3 nitrogen and oxygen atoms in total. The van der Waals surface area contributed by atoms with E-state index >= 15 is 0 Å². The van der Waals surface area contributed by atoms with E-state index in [0.29, 0.717) is 25.6 Å². The maximum atomic E-state index is 10.2. The Morgan fingerprint density at radius 1 is 1.26 bits per heavy atom. The van der Waals surface area contributed by atoms with E-state index in [1.165, 1.54) is 44.9 Å². The van der Waals surface area contributed by atoms with Gasteiger partial charge < -0.3 is 15.2 Å². The number of methoxy groups -OCH3 is 1. The molecule has 1 rings (SSSR count). The zero-order chi connectivity index (χ0) is 14.1. The zero-order valence-electron chi connectivity index (χ0n) is 13.1. The molecule has 0 aromatic carbocycles. The summed E-state index contributed by atoms with van der Waals surface area (Å²) in [6.07, 6.45) is 10.0. The molecule has 114 valence electrons. The fourth-order valence-corrected chi connectivity index (χ4v) is 3.05. The molecule has 1 aliphatic carbocycles. The van der Waals surface area contributed by atoms with E-state index in [1.807, 2.05) is 6.92 Å². The van der Waals surface area contributed by atoms with Gasteiger partial charge in [-0.3, -0.25) is 0 Å². The van der Waals surface area contributed by atoms with Gasteiger partial charge in [0.1, 0.15) is 0 Å². The lowest BCUT2D eigenvalue weighted by Gasteiger charge is -2.26. The molecule has 1 saturated carbocycles. The highest BCUT2D eigenvalue weighted by Gasteiger charge is 2.23. The monoisotopic (exact) mass is 271 g/mol. The van der Waals surface area contributed by atoms with Crippen LogP contribution in [0.15, 0.2) is 0 Å². The summed E-state index contributed by atoms with van der Waals surface area (Å²) in [6.45, 7) is 5.49. The topological polar surface area (TPSA) is 41.5 Å². The van der Waals surface area contributed by atoms with Crippen molar-refractivity contribution in [3.05, 3.63) is 0 Å². The Kier molecular flexibility index (Phi) is 7.96. The summed E-state index contributed by atoms with van der Waals surface area (Å²) in [5.41, 5.74) is -0.648. The normalized spacial score (nSPS) is 27.8. The first-order chi connectivity index (χ1) is 9.07. The molecular formula is C16H33NO2. The smallest absolute Gasteiger partial charge is 0.0765 e. The van der Waals surface area contributed by atoms with Crippen LogP contribution in [0.25, 0.3) is 0 Å². The highest BCUT2D eigenvalue weighted by Crippen LogP contribution is 2.26. The van der Waals surface area contributed by atoms with Crippen LogP contribution < -0.4 is 5.32 Å². The molecule has 1 fully saturated rings. The molecule has 0 aliphatic heterocycles. The molecular weight excluding hydrogens is 238 g/mol. The van der Waals surface area contributed by atoms with Crippen molar-refractivity contribution >= 4 is 0 Å². The molecule has 0 heterocycles. The summed E-state index contributed by atoms with van der Waals surface area (Å²) >= 11 is 0. The highest BCUT2D eigenvalue weighted by molar-refractivity contribution is 4.80. The standard InChI is InChI=1S/C16H33NO2/c1-4-6-14-7-5-8-15(10-9-14)17-13-16(2,18)11-12-19-3/h14-15,17-18H,4-13H2,1-3H3. The van der Waals surface area contributed by atoms with E-state index in [9.17, 15) is 5.11 Å². The predicted molar refractivity (Wildman–Crippen MR) is 80.4 cm³/mol. The lowest BCUT2D eigenvalue weighted by atomic mass is 9.95. The third-order valence-corrected chi connectivity index (χ3v) is 4.40. The fraction of sp³-hybridized carbons (Fsp3) is 1.00. The Labute approximate surface area is 119 Å². The SMILES string of the molecule is CCCC1CCCC(NCC(C)(O)CCOC)CC1. The molecule has 0 aromatic rings. The number of nitrogens with one attached hydrogen (secondary N) is 1. The van der Waals surface area contributed by atoms with Crippen LogP contribution >= 0.6 is 0 Å². The van der Waals surface area contributed by atoms with E-state index in [-0.39, 0.29) is 0 Å². The predicted octanol–water partition coefficient (Wildman–Crippen LogP) is 3.11. The van der Waals surface area contributed by atoms with Gasteiger partial charge in [-0.25, -0.2) is 0 Å². The number of ether oxygens (including phenoxy) is 1. The molecule has 0 spiro atoms. The highest BCUT2D eigenvalue weighted by atomic mass is 16.5. The average Bonchev–Trinajstić information content (AvgIpc) is 2.60. The lowest BCUT2D eigenvalue weighted by molar-refractivity contribution is 0.0223. The molecule has 0 saturated heterocycles. The molecule has 1 aliphatic rings. The van der Waals surface area contributed by atoms with E-state index in [4.69, 9.17) is 4.74 Å². The molecule has 0 aromatic heterocycles. The van der Waals surface area contributed by atoms with Gasteiger partial charge in [-0.15, -0.1) is 0 Å². The van der Waals surface area contributed by atoms with Crippen LogP contribution in [0.4, 0.5) is 0 Å². The van der Waals surface area contributed by atoms with Crippen LogP contribution in [0.1, 0.15) is 65.2 Å². The van der Waals surface area contributed by atoms with Gasteiger partial charge in [-0.2, -0.15) is 0 Å². The van der Waals surface area contributed by atoms with Crippen LogP contribution in [0.5, 0.6) is 0 Å². The first-order valence-electron chi connectivity index (χ1n) is 8.02. The lowest BCUT2D eigenvalue weighted by Crippen LogP contribution is -2.43. The minimum atomic E-state index is -0.648. The third-order valence-electron chi connectivity index (χ3n) is 4.40. The molecule has 3 heteroatoms. The first-order valence-corrected chi connectivity index (χ1v) is 8.02. The average molecular weight is 271 g/mol. The Bertz CT molecular complexity index is 231. The van der Waals surface area contributed by atoms with Crippen molar-refractivity contribution in [3.8, 4) is 0 Å². The van der Waals surface area contributed by atoms with Crippen molar-refractivity contribution in [2.75, 3.05) is 20.3 Å². The number of hydrogen-bond donors (Lipinski definition) is 2. The van der Waals surface area contributed by atoms with Gasteiger partial charge in [0.25, 0.3) is 0 Å². The van der Waals surface area contributed by atoms with Crippen LogP contribution in [0, 0.1) is 5.92 Å². The van der Waals surface area contributed by atoms with Crippen molar-refractivity contribution in [1.82, 2.24) is 5.32 Å². The largest absolute Gasteiger partial charge is 0.389 e. The van der Waals surface area contributed by atoms with Gasteiger partial charge in [0.2, 0.25) is 0 Å². The van der Waals surface area contributed by atoms with Crippen molar-refractivity contribution in [1.29, 1.82) is 0 Å². The first kappa shape index (κ1) is 16.9. The molecule has 0 amide bonds. The minimum Gasteiger partial charge on any atom is -0.389 e. The molecule has 3 atom stereocenters. The fourth-order valence-electron chi connectivity index (χ4n) is 3.05. The molecule has 0 radical (unpaired) electrons. The number of rotatable bonds is 8. The van der Waals surface area contributed by atoms with Crippen LogP contribution in [0.3, 0.4) is 0 Å². The van der Waals surface area contributed by atoms with Gasteiger partial charge in [0.05, 0.1) is 5.60 Å². The second kappa shape index (κ2) is 8.93. The maximum absolute atomic E-state index is 10.2. The Balaban J connectivity index is 2.25. The van der Waals surface area contributed by atoms with Crippen molar-refractivity contribution in [2.45, 2.75) is 76.9 Å². The quantitative estimate of drug-likeness (QED) is 0.667. The Morgan fingerprint density at radius 2 is 2.05 bits per heavy atom. The molecule has 0 bridgehead atoms. The summed E-state index contributed by atoms with van der Waals surface area (Å²) in [7, 11) is 1.68. The van der Waals surface area contributed by atoms with Gasteiger partial charge in [0, 0.05) is 32.7 Å². The van der Waals surface area contributed by atoms with Crippen LogP contribution in [-0.2, 0) is 4.74 Å². The summed E-state index contributed by atoms with van der Waals surface area (Å²) in [5.74, 6) is 0.936. The van der Waals surface area contributed by atoms with Gasteiger partial charge in [-0.1, -0.05) is 32.6 Å². The summed E-state index contributed by atoms with van der Waals surface area (Å²) in [4.78, 5) is 0. The van der Waals surface area contributed by atoms with Crippen LogP contribution in [0.2, 0.25) is 0 Å². The number of hydrogen-bond acceptors (Lipinski definition) is 3. The van der Waals surface area contributed by atoms with E-state index < -0.39 is 5.60 Å². The molecule has 19 heavy (non-hydrogen) atoms. The van der Waals surface area contributed by atoms with Gasteiger partial charge in [-0.05, 0) is 32.1 Å². The van der Waals surface area contributed by atoms with E-state index in [0.717, 1.165) is 5.92 Å². The summed E-state index contributed by atoms with van der Waals surface area (Å²) in [6, 6.07) is 0.593. The van der Waals surface area contributed by atoms with Crippen molar-refractivity contribution < 1.29 is 9.84 Å². The van der Waals surface area contributed by atoms with Crippen molar-refractivity contribution in [2.24, 2.45) is 5.92 Å². The Hall–Kier alpha value is -0.120. The summed E-state index contributed by atoms with van der Waals surface area (Å²) in [5, 5.41) is 13.8. The second-order valence-electron chi connectivity index (χ2n) is 6.48. The zero-order valence-corrected chi connectivity index (χ0v) is 13.1. The van der Waals surface area contributed by atoms with Gasteiger partial charge in [0.15, 0.2) is 0 Å². The van der Waals surface area contributed by atoms with Crippen molar-refractivity contribution in [3.63, 3.8) is 0 Å². The third kappa shape index (κ3) is 7.28. The second-order valence-corrected chi connectivity index (χ2v) is 6.48.